The highest BCUT2D eigenvalue weighted by molar-refractivity contribution is 7.64. The molecule has 8 nitrogen and oxygen atoms in total. The molecule has 5 N–H and O–H groups in total. The van der Waals surface area contributed by atoms with Gasteiger partial charge in [-0.2, -0.15) is 0 Å². The lowest BCUT2D eigenvalue weighted by atomic mass is 10.1. The molecule has 0 saturated carbocycles. The van der Waals surface area contributed by atoms with E-state index in [1.165, 1.54) is 5.30 Å². The van der Waals surface area contributed by atoms with Gasteiger partial charge in [-0.05, 0) is 42.9 Å². The molecule has 2 aromatic carbocycles. The zero-order chi connectivity index (χ0) is 22.7. The van der Waals surface area contributed by atoms with E-state index in [4.69, 9.17) is 4.74 Å². The van der Waals surface area contributed by atoms with Crippen LogP contribution < -0.4 is 31.3 Å². The van der Waals surface area contributed by atoms with Crippen LogP contribution in [0, 0.1) is 0 Å². The molecule has 3 aromatic rings. The van der Waals surface area contributed by atoms with E-state index in [9.17, 15) is 4.79 Å². The van der Waals surface area contributed by atoms with Gasteiger partial charge in [0.25, 0.3) is 5.91 Å². The number of hydrogen-bond donors (Lipinski definition) is 5. The molecular weight excluding hydrogens is 423 g/mol. The highest BCUT2D eigenvalue weighted by atomic mass is 31.1. The Morgan fingerprint density at radius 2 is 1.94 bits per heavy atom. The highest BCUT2D eigenvalue weighted by Gasteiger charge is 2.37. The van der Waals surface area contributed by atoms with E-state index in [2.05, 4.69) is 62.8 Å². The van der Waals surface area contributed by atoms with Crippen LogP contribution in [0.2, 0.25) is 0 Å². The Balaban J connectivity index is 1.81. The quantitative estimate of drug-likeness (QED) is 0.281. The summed E-state index contributed by atoms with van der Waals surface area (Å²) in [4.78, 5) is 19.9. The number of amides is 1. The summed E-state index contributed by atoms with van der Waals surface area (Å²) >= 11 is 0. The maximum absolute atomic E-state index is 12.3. The van der Waals surface area contributed by atoms with Crippen LogP contribution in [-0.2, 0) is 5.79 Å². The summed E-state index contributed by atoms with van der Waals surface area (Å²) in [6.45, 7) is 4.45. The Morgan fingerprint density at radius 1 is 1.12 bits per heavy atom. The predicted octanol–water partition coefficient (Wildman–Crippen LogP) is 3.35. The van der Waals surface area contributed by atoms with Gasteiger partial charge >= 0.3 is 0 Å². The summed E-state index contributed by atoms with van der Waals surface area (Å²) in [7, 11) is 2.85. The molecule has 0 radical (unpaired) electrons. The normalized spacial score (nSPS) is 16.8. The monoisotopic (exact) mass is 450 g/mol. The zero-order valence-corrected chi connectivity index (χ0v) is 19.4. The van der Waals surface area contributed by atoms with Crippen LogP contribution in [0.4, 0.5) is 17.2 Å². The number of aliphatic imine (C=N–C) groups is 1. The van der Waals surface area contributed by atoms with Crippen LogP contribution in [0.25, 0.3) is 0 Å². The van der Waals surface area contributed by atoms with Gasteiger partial charge in [-0.1, -0.05) is 26.1 Å². The summed E-state index contributed by atoms with van der Waals surface area (Å²) in [6.07, 6.45) is 3.51. The highest BCUT2D eigenvalue weighted by Crippen LogP contribution is 2.37. The van der Waals surface area contributed by atoms with Crippen molar-refractivity contribution in [3.63, 3.8) is 0 Å². The third-order valence-electron chi connectivity index (χ3n) is 5.28. The lowest BCUT2D eigenvalue weighted by molar-refractivity contribution is 0.0962. The Kier molecular flexibility index (Phi) is 6.06. The van der Waals surface area contributed by atoms with Crippen molar-refractivity contribution in [3.05, 3.63) is 65.9 Å². The first-order valence-electron chi connectivity index (χ1n) is 10.2. The molecule has 0 aliphatic carbocycles. The van der Waals surface area contributed by atoms with E-state index in [1.807, 2.05) is 24.4 Å². The molecule has 9 heteroatoms. The number of rotatable bonds is 7. The Labute approximate surface area is 188 Å². The molecule has 0 fully saturated rings. The average molecular weight is 450 g/mol. The first kappa shape index (κ1) is 21.7. The number of H-pyrrole nitrogens is 1. The zero-order valence-electron chi connectivity index (χ0n) is 18.5. The van der Waals surface area contributed by atoms with Gasteiger partial charge in [-0.25, -0.2) is 4.99 Å². The summed E-state index contributed by atoms with van der Waals surface area (Å²) < 4.78 is 5.44. The number of aromatic nitrogens is 1. The molecule has 1 aliphatic heterocycles. The van der Waals surface area contributed by atoms with Crippen molar-refractivity contribution in [2.45, 2.75) is 5.79 Å². The number of benzene rings is 2. The number of fused-ring (bicyclic) bond motifs is 1. The molecule has 1 amide bonds. The number of anilines is 2. The van der Waals surface area contributed by atoms with Crippen molar-refractivity contribution in [2.75, 3.05) is 38.1 Å². The van der Waals surface area contributed by atoms with E-state index in [0.717, 1.165) is 17.1 Å². The van der Waals surface area contributed by atoms with Gasteiger partial charge < -0.3 is 31.0 Å². The fraction of sp³-hybridized carbons (Fsp3) is 0.217. The largest absolute Gasteiger partial charge is 0.497 e. The second-order valence-corrected chi connectivity index (χ2v) is 9.85. The molecule has 1 unspecified atom stereocenters. The molecule has 2 heterocycles. The molecule has 1 aromatic heterocycles. The van der Waals surface area contributed by atoms with Gasteiger partial charge in [0, 0.05) is 36.2 Å². The number of methoxy groups -OCH3 is 1. The maximum Gasteiger partial charge on any atom is 0.251 e. The number of carbonyl (C=O) groups excluding carboxylic acids is 1. The minimum Gasteiger partial charge on any atom is -0.497 e. The number of ether oxygens (including phenoxy) is 1. The van der Waals surface area contributed by atoms with E-state index in [1.54, 1.807) is 32.6 Å². The topological polar surface area (TPSA) is 103 Å². The smallest absolute Gasteiger partial charge is 0.251 e. The molecule has 1 atom stereocenters. The van der Waals surface area contributed by atoms with Gasteiger partial charge in [0.1, 0.15) is 11.6 Å². The number of nitrogens with one attached hydrogen (secondary N) is 5. The van der Waals surface area contributed by atoms with Crippen molar-refractivity contribution in [2.24, 2.45) is 4.99 Å². The summed E-state index contributed by atoms with van der Waals surface area (Å²) in [5.41, 5.74) is 3.11. The first-order valence-corrected chi connectivity index (χ1v) is 12.4. The third-order valence-corrected chi connectivity index (χ3v) is 6.63. The lowest BCUT2D eigenvalue weighted by Crippen LogP contribution is -2.56. The van der Waals surface area contributed by atoms with Gasteiger partial charge in [-0.15, -0.1) is 0 Å². The van der Waals surface area contributed by atoms with Gasteiger partial charge in [0.15, 0.2) is 0 Å². The molecule has 0 saturated heterocycles. The summed E-state index contributed by atoms with van der Waals surface area (Å²) in [5.74, 6) is 0.215. The molecular formula is C23H27N6O2P. The SMILES string of the molecule is CNC(=O)c1cc(NC2(Nc3ccccc3P(C)C)NC=Nc3[nH]ccc32)cc(OC)c1. The molecule has 0 spiro atoms. The van der Waals surface area contributed by atoms with Crippen molar-refractivity contribution < 1.29 is 9.53 Å². The molecule has 1 aliphatic rings. The molecule has 4 rings (SSSR count). The van der Waals surface area contributed by atoms with E-state index >= 15 is 0 Å². The van der Waals surface area contributed by atoms with E-state index < -0.39 is 5.79 Å². The van der Waals surface area contributed by atoms with Crippen LogP contribution in [0.5, 0.6) is 5.75 Å². The molecule has 32 heavy (non-hydrogen) atoms. The van der Waals surface area contributed by atoms with Gasteiger partial charge in [0.2, 0.25) is 5.79 Å². The van der Waals surface area contributed by atoms with Crippen molar-refractivity contribution in [1.82, 2.24) is 15.6 Å². The minimum atomic E-state index is -0.912. The third kappa shape index (κ3) is 4.14. The van der Waals surface area contributed by atoms with Crippen LogP contribution in [0.15, 0.2) is 59.7 Å². The summed E-state index contributed by atoms with van der Waals surface area (Å²) in [6, 6.07) is 15.6. The van der Waals surface area contributed by atoms with Crippen molar-refractivity contribution in [3.8, 4) is 5.75 Å². The van der Waals surface area contributed by atoms with Crippen LogP contribution in [0.1, 0.15) is 15.9 Å². The number of aromatic amines is 1. The van der Waals surface area contributed by atoms with Crippen molar-refractivity contribution >= 4 is 42.7 Å². The second kappa shape index (κ2) is 8.93. The fourth-order valence-electron chi connectivity index (χ4n) is 3.73. The van der Waals surface area contributed by atoms with Crippen LogP contribution in [-0.4, -0.2) is 44.7 Å². The number of hydrogen-bond acceptors (Lipinski definition) is 6. The molecule has 166 valence electrons. The Hall–Kier alpha value is -3.51. The Morgan fingerprint density at radius 3 is 2.69 bits per heavy atom. The first-order chi connectivity index (χ1) is 15.5. The van der Waals surface area contributed by atoms with Crippen molar-refractivity contribution in [1.29, 1.82) is 0 Å². The maximum atomic E-state index is 12.3. The van der Waals surface area contributed by atoms with E-state index in [-0.39, 0.29) is 13.8 Å². The number of nitrogens with zero attached hydrogens (tertiary/aromatic N) is 1. The fourth-order valence-corrected chi connectivity index (χ4v) is 4.73. The predicted molar refractivity (Wildman–Crippen MR) is 132 cm³/mol. The number of para-hydroxylation sites is 1. The number of carbonyl (C=O) groups is 1. The molecule has 0 bridgehead atoms. The minimum absolute atomic E-state index is 0.192. The van der Waals surface area contributed by atoms with Gasteiger partial charge in [0.05, 0.1) is 19.0 Å². The lowest BCUT2D eigenvalue weighted by Gasteiger charge is -2.39. The summed E-state index contributed by atoms with van der Waals surface area (Å²) in [5, 5.41) is 14.5. The van der Waals surface area contributed by atoms with Gasteiger partial charge in [-0.3, -0.25) is 4.79 Å². The Bertz CT molecular complexity index is 1160. The van der Waals surface area contributed by atoms with Crippen LogP contribution in [0.3, 0.4) is 0 Å². The second-order valence-electron chi connectivity index (χ2n) is 7.58. The van der Waals surface area contributed by atoms with Crippen LogP contribution >= 0.6 is 7.92 Å². The standard InChI is InChI=1S/C23H27N6O2P/c1-24-22(30)15-11-16(13-17(12-15)31-2)28-23(18-9-10-25-21(18)26-14-27-23)29-19-7-5-6-8-20(19)32(3)4/h5-14,25,28-29H,1-4H3,(H,24,30)(H,26,27). The average Bonchev–Trinajstić information content (AvgIpc) is 3.29. The van der Waals surface area contributed by atoms with E-state index in [0.29, 0.717) is 17.0 Å².